The molecule has 2 aromatic rings. The van der Waals surface area contributed by atoms with Crippen molar-refractivity contribution >= 4 is 21.8 Å². The fourth-order valence-corrected chi connectivity index (χ4v) is 2.97. The predicted octanol–water partition coefficient (Wildman–Crippen LogP) is 3.34. The monoisotopic (exact) mass is 391 g/mol. The van der Waals surface area contributed by atoms with E-state index in [4.69, 9.17) is 4.74 Å². The molecule has 0 aliphatic heterocycles. The topological polar surface area (TPSA) is 56.1 Å². The minimum absolute atomic E-state index is 0.174. The van der Waals surface area contributed by atoms with Gasteiger partial charge in [-0.1, -0.05) is 18.2 Å². The Labute approximate surface area is 150 Å². The van der Waals surface area contributed by atoms with Crippen LogP contribution in [-0.2, 0) is 13.5 Å². The molecule has 1 N–H and O–H groups in total. The molecule has 1 aromatic carbocycles. The summed E-state index contributed by atoms with van der Waals surface area (Å²) in [5.74, 6) is 0.654. The highest BCUT2D eigenvalue weighted by Gasteiger charge is 2.17. The lowest BCUT2D eigenvalue weighted by molar-refractivity contribution is 0.0936. The normalized spacial score (nSPS) is 10.5. The summed E-state index contributed by atoms with van der Waals surface area (Å²) in [5.41, 5.74) is 3.58. The van der Waals surface area contributed by atoms with Gasteiger partial charge in [0.15, 0.2) is 0 Å². The molecule has 5 nitrogen and oxygen atoms in total. The van der Waals surface area contributed by atoms with E-state index in [0.717, 1.165) is 27.9 Å². The van der Waals surface area contributed by atoms with E-state index in [0.29, 0.717) is 18.8 Å². The molecule has 0 saturated carbocycles. The van der Waals surface area contributed by atoms with Crippen molar-refractivity contribution in [3.05, 3.63) is 57.8 Å². The number of amides is 1. The summed E-state index contributed by atoms with van der Waals surface area (Å²) < 4.78 is 8.03. The first-order valence-corrected chi connectivity index (χ1v) is 8.53. The molecule has 0 spiro atoms. The number of benzene rings is 1. The Hall–Kier alpha value is -2.08. The molecule has 0 fully saturated rings. The molecule has 24 heavy (non-hydrogen) atoms. The van der Waals surface area contributed by atoms with Crippen LogP contribution in [0.25, 0.3) is 0 Å². The highest BCUT2D eigenvalue weighted by atomic mass is 79.9. The zero-order valence-electron chi connectivity index (χ0n) is 14.2. The molecule has 0 bridgehead atoms. The standard InChI is InChI=1S/C18H22BrN3O2/c1-5-6-14-7-8-15(12(2)11-14)24-10-9-20-18(23)17-16(19)13(3)21-22(17)4/h5,7-8,11H,1,6,9-10H2,2-4H3,(H,20,23). The first-order chi connectivity index (χ1) is 11.4. The van der Waals surface area contributed by atoms with Crippen LogP contribution < -0.4 is 10.1 Å². The van der Waals surface area contributed by atoms with Gasteiger partial charge < -0.3 is 10.1 Å². The number of rotatable bonds is 7. The van der Waals surface area contributed by atoms with Gasteiger partial charge in [0.25, 0.3) is 5.91 Å². The number of carbonyl (C=O) groups excluding carboxylic acids is 1. The van der Waals surface area contributed by atoms with Crippen molar-refractivity contribution in [3.8, 4) is 5.75 Å². The van der Waals surface area contributed by atoms with Crippen LogP contribution in [0.15, 0.2) is 35.3 Å². The van der Waals surface area contributed by atoms with Crippen LogP contribution in [0.2, 0.25) is 0 Å². The number of ether oxygens (including phenoxy) is 1. The number of carbonyl (C=O) groups is 1. The van der Waals surface area contributed by atoms with Crippen molar-refractivity contribution < 1.29 is 9.53 Å². The number of hydrogen-bond acceptors (Lipinski definition) is 3. The van der Waals surface area contributed by atoms with E-state index in [-0.39, 0.29) is 5.91 Å². The van der Waals surface area contributed by atoms with Crippen LogP contribution >= 0.6 is 15.9 Å². The first-order valence-electron chi connectivity index (χ1n) is 7.74. The quantitative estimate of drug-likeness (QED) is 0.581. The lowest BCUT2D eigenvalue weighted by Crippen LogP contribution is -2.30. The lowest BCUT2D eigenvalue weighted by Gasteiger charge is -2.11. The van der Waals surface area contributed by atoms with Gasteiger partial charge in [-0.3, -0.25) is 9.48 Å². The second-order valence-corrected chi connectivity index (χ2v) is 6.36. The van der Waals surface area contributed by atoms with E-state index in [1.807, 2.05) is 32.1 Å². The smallest absolute Gasteiger partial charge is 0.270 e. The largest absolute Gasteiger partial charge is 0.491 e. The predicted molar refractivity (Wildman–Crippen MR) is 98.6 cm³/mol. The maximum absolute atomic E-state index is 12.2. The average molecular weight is 392 g/mol. The third kappa shape index (κ3) is 4.26. The minimum atomic E-state index is -0.174. The summed E-state index contributed by atoms with van der Waals surface area (Å²) in [7, 11) is 1.75. The molecule has 0 saturated heterocycles. The van der Waals surface area contributed by atoms with Gasteiger partial charge in [0.1, 0.15) is 18.1 Å². The van der Waals surface area contributed by atoms with Gasteiger partial charge >= 0.3 is 0 Å². The number of halogens is 1. The van der Waals surface area contributed by atoms with Gasteiger partial charge in [-0.05, 0) is 53.4 Å². The van der Waals surface area contributed by atoms with E-state index in [1.54, 1.807) is 11.7 Å². The summed E-state index contributed by atoms with van der Waals surface area (Å²) in [6, 6.07) is 6.07. The van der Waals surface area contributed by atoms with Gasteiger partial charge in [0.05, 0.1) is 16.7 Å². The van der Waals surface area contributed by atoms with E-state index in [2.05, 4.69) is 39.0 Å². The Morgan fingerprint density at radius 2 is 2.21 bits per heavy atom. The highest BCUT2D eigenvalue weighted by molar-refractivity contribution is 9.10. The van der Waals surface area contributed by atoms with Crippen molar-refractivity contribution in [1.29, 1.82) is 0 Å². The van der Waals surface area contributed by atoms with E-state index < -0.39 is 0 Å². The van der Waals surface area contributed by atoms with Crippen molar-refractivity contribution in [2.75, 3.05) is 13.2 Å². The zero-order valence-corrected chi connectivity index (χ0v) is 15.8. The molecule has 0 atom stereocenters. The van der Waals surface area contributed by atoms with Crippen LogP contribution in [-0.4, -0.2) is 28.8 Å². The Balaban J connectivity index is 1.86. The van der Waals surface area contributed by atoms with Crippen molar-refractivity contribution in [2.24, 2.45) is 7.05 Å². The molecule has 0 aliphatic carbocycles. The molecule has 6 heteroatoms. The molecular weight excluding hydrogens is 370 g/mol. The van der Waals surface area contributed by atoms with Gasteiger partial charge in [0, 0.05) is 7.05 Å². The van der Waals surface area contributed by atoms with Crippen molar-refractivity contribution in [3.63, 3.8) is 0 Å². The fourth-order valence-electron chi connectivity index (χ4n) is 2.46. The highest BCUT2D eigenvalue weighted by Crippen LogP contribution is 2.20. The Kier molecular flexibility index (Phi) is 6.20. The number of aryl methyl sites for hydroxylation is 3. The maximum Gasteiger partial charge on any atom is 0.270 e. The Morgan fingerprint density at radius 1 is 1.46 bits per heavy atom. The number of allylic oxidation sites excluding steroid dienone is 1. The van der Waals surface area contributed by atoms with Crippen LogP contribution in [0.3, 0.4) is 0 Å². The molecule has 1 amide bonds. The molecule has 1 aromatic heterocycles. The number of nitrogens with zero attached hydrogens (tertiary/aromatic N) is 2. The summed E-state index contributed by atoms with van der Waals surface area (Å²) in [4.78, 5) is 12.2. The molecule has 0 aliphatic rings. The molecule has 0 unspecified atom stereocenters. The number of nitrogens with one attached hydrogen (secondary N) is 1. The summed E-state index contributed by atoms with van der Waals surface area (Å²) in [5, 5.41) is 7.06. The Morgan fingerprint density at radius 3 is 2.79 bits per heavy atom. The molecule has 128 valence electrons. The van der Waals surface area contributed by atoms with Crippen LogP contribution in [0.1, 0.15) is 27.3 Å². The van der Waals surface area contributed by atoms with Gasteiger partial charge in [-0.15, -0.1) is 6.58 Å². The molecule has 2 rings (SSSR count). The lowest BCUT2D eigenvalue weighted by atomic mass is 10.1. The van der Waals surface area contributed by atoms with Crippen LogP contribution in [0, 0.1) is 13.8 Å². The second kappa shape index (κ2) is 8.15. The number of hydrogen-bond donors (Lipinski definition) is 1. The van der Waals surface area contributed by atoms with Crippen LogP contribution in [0.4, 0.5) is 0 Å². The Bertz CT molecular complexity index is 753. The van der Waals surface area contributed by atoms with Crippen molar-refractivity contribution in [2.45, 2.75) is 20.3 Å². The fraction of sp³-hybridized carbons (Fsp3) is 0.333. The minimum Gasteiger partial charge on any atom is -0.491 e. The van der Waals surface area contributed by atoms with Gasteiger partial charge in [-0.2, -0.15) is 5.10 Å². The number of aromatic nitrogens is 2. The third-order valence-electron chi connectivity index (χ3n) is 3.63. The van der Waals surface area contributed by atoms with E-state index in [9.17, 15) is 4.79 Å². The first kappa shape index (κ1) is 18.3. The summed E-state index contributed by atoms with van der Waals surface area (Å²) >= 11 is 3.39. The maximum atomic E-state index is 12.2. The average Bonchev–Trinajstić information content (AvgIpc) is 2.78. The van der Waals surface area contributed by atoms with Gasteiger partial charge in [0.2, 0.25) is 0 Å². The summed E-state index contributed by atoms with van der Waals surface area (Å²) in [6.45, 7) is 8.43. The molecule has 0 radical (unpaired) electrons. The zero-order chi connectivity index (χ0) is 17.7. The third-order valence-corrected chi connectivity index (χ3v) is 4.58. The summed E-state index contributed by atoms with van der Waals surface area (Å²) in [6.07, 6.45) is 2.72. The van der Waals surface area contributed by atoms with Crippen LogP contribution in [0.5, 0.6) is 5.75 Å². The van der Waals surface area contributed by atoms with Crippen molar-refractivity contribution in [1.82, 2.24) is 15.1 Å². The SMILES string of the molecule is C=CCc1ccc(OCCNC(=O)c2c(Br)c(C)nn2C)c(C)c1. The molecular formula is C18H22BrN3O2. The van der Waals surface area contributed by atoms with E-state index >= 15 is 0 Å². The molecule has 1 heterocycles. The second-order valence-electron chi connectivity index (χ2n) is 5.57. The van der Waals surface area contributed by atoms with E-state index in [1.165, 1.54) is 5.56 Å². The van der Waals surface area contributed by atoms with Gasteiger partial charge in [-0.25, -0.2) is 0 Å².